The first-order chi connectivity index (χ1) is 6.66. The minimum atomic E-state index is -0.125. The Hall–Kier alpha value is -0.730. The van der Waals surface area contributed by atoms with Crippen LogP contribution in [0.15, 0.2) is 0 Å². The highest BCUT2D eigenvalue weighted by atomic mass is 16.6. The number of hydrogen-bond acceptors (Lipinski definition) is 2. The smallest absolute Gasteiger partial charge is 0.410 e. The molecule has 0 aromatic carbocycles. The molecule has 3 nitrogen and oxygen atoms in total. The molecule has 1 amide bonds. The fraction of sp³-hybridized carbons (Fsp3) is 0.909. The van der Waals surface area contributed by atoms with Gasteiger partial charge in [0.25, 0.3) is 0 Å². The third-order valence-electron chi connectivity index (χ3n) is 2.78. The number of hydrogen-bond donors (Lipinski definition) is 0. The van der Waals surface area contributed by atoms with Crippen LogP contribution in [0.1, 0.15) is 40.0 Å². The molecule has 0 aromatic heterocycles. The van der Waals surface area contributed by atoms with E-state index < -0.39 is 0 Å². The Labute approximate surface area is 86.4 Å². The summed E-state index contributed by atoms with van der Waals surface area (Å²) in [4.78, 5) is 13.3. The van der Waals surface area contributed by atoms with Crippen LogP contribution < -0.4 is 0 Å². The monoisotopic (exact) mass is 199 g/mol. The number of carbonyl (C=O) groups excluding carboxylic acids is 1. The molecule has 0 saturated carbocycles. The Morgan fingerprint density at radius 1 is 1.50 bits per heavy atom. The van der Waals surface area contributed by atoms with Crippen LogP contribution >= 0.6 is 0 Å². The van der Waals surface area contributed by atoms with Crippen molar-refractivity contribution in [3.05, 3.63) is 0 Å². The van der Waals surface area contributed by atoms with E-state index in [0.29, 0.717) is 18.6 Å². The summed E-state index contributed by atoms with van der Waals surface area (Å²) < 4.78 is 5.06. The normalized spacial score (nSPS) is 21.9. The highest BCUT2D eigenvalue weighted by molar-refractivity contribution is 5.70. The molecule has 1 fully saturated rings. The molecule has 1 rings (SSSR count). The van der Waals surface area contributed by atoms with E-state index in [1.54, 1.807) is 0 Å². The zero-order chi connectivity index (χ0) is 10.6. The van der Waals surface area contributed by atoms with Crippen LogP contribution in [0.2, 0.25) is 0 Å². The fourth-order valence-corrected chi connectivity index (χ4v) is 1.81. The van der Waals surface area contributed by atoms with Gasteiger partial charge >= 0.3 is 6.09 Å². The maximum Gasteiger partial charge on any atom is 0.410 e. The molecule has 0 aromatic rings. The molecule has 1 aliphatic rings. The molecule has 1 saturated heterocycles. The first kappa shape index (κ1) is 11.3. The van der Waals surface area contributed by atoms with Crippen LogP contribution in [-0.2, 0) is 4.74 Å². The molecule has 0 radical (unpaired) electrons. The van der Waals surface area contributed by atoms with Crippen molar-refractivity contribution < 1.29 is 9.53 Å². The Morgan fingerprint density at radius 2 is 2.21 bits per heavy atom. The average molecular weight is 199 g/mol. The lowest BCUT2D eigenvalue weighted by molar-refractivity contribution is 0.156. The van der Waals surface area contributed by atoms with Gasteiger partial charge < -0.3 is 9.64 Å². The van der Waals surface area contributed by atoms with Gasteiger partial charge in [0.05, 0.1) is 6.04 Å². The second-order valence-electron chi connectivity index (χ2n) is 4.29. The molecular formula is C11H21NO2. The summed E-state index contributed by atoms with van der Waals surface area (Å²) in [5.41, 5.74) is 0. The lowest BCUT2D eigenvalue weighted by atomic mass is 10.0. The second kappa shape index (κ2) is 5.23. The van der Waals surface area contributed by atoms with Gasteiger partial charge in [-0.05, 0) is 12.3 Å². The van der Waals surface area contributed by atoms with E-state index in [1.807, 2.05) is 4.90 Å². The van der Waals surface area contributed by atoms with Crippen LogP contribution in [0.25, 0.3) is 0 Å². The number of nitrogens with zero attached hydrogens (tertiary/aromatic N) is 1. The van der Waals surface area contributed by atoms with Crippen LogP contribution in [0.3, 0.4) is 0 Å². The summed E-state index contributed by atoms with van der Waals surface area (Å²) in [5.74, 6) is 0.489. The third kappa shape index (κ3) is 2.63. The number of ether oxygens (including phenoxy) is 1. The molecule has 1 aliphatic heterocycles. The minimum Gasteiger partial charge on any atom is -0.447 e. The van der Waals surface area contributed by atoms with E-state index in [4.69, 9.17) is 4.74 Å². The molecule has 0 N–H and O–H groups in total. The Morgan fingerprint density at radius 3 is 2.79 bits per heavy atom. The second-order valence-corrected chi connectivity index (χ2v) is 4.29. The van der Waals surface area contributed by atoms with Gasteiger partial charge in [-0.25, -0.2) is 4.79 Å². The molecule has 82 valence electrons. The maximum atomic E-state index is 11.4. The highest BCUT2D eigenvalue weighted by Gasteiger charge is 2.33. The summed E-state index contributed by atoms with van der Waals surface area (Å²) >= 11 is 0. The van der Waals surface area contributed by atoms with Crippen LogP contribution in [0.5, 0.6) is 0 Å². The topological polar surface area (TPSA) is 29.5 Å². The van der Waals surface area contributed by atoms with Gasteiger partial charge in [0.2, 0.25) is 0 Å². The van der Waals surface area contributed by atoms with Gasteiger partial charge in [-0.2, -0.15) is 0 Å². The molecule has 1 heterocycles. The molecule has 1 atom stereocenters. The van der Waals surface area contributed by atoms with Gasteiger partial charge in [-0.1, -0.05) is 33.6 Å². The third-order valence-corrected chi connectivity index (χ3v) is 2.78. The van der Waals surface area contributed by atoms with Crippen LogP contribution in [0.4, 0.5) is 4.79 Å². The lowest BCUT2D eigenvalue weighted by Crippen LogP contribution is -2.37. The summed E-state index contributed by atoms with van der Waals surface area (Å²) in [5, 5.41) is 0. The Balaban J connectivity index is 2.41. The maximum absolute atomic E-state index is 11.4. The lowest BCUT2D eigenvalue weighted by Gasteiger charge is -2.24. The van der Waals surface area contributed by atoms with E-state index in [-0.39, 0.29) is 6.09 Å². The van der Waals surface area contributed by atoms with Crippen LogP contribution in [-0.4, -0.2) is 30.2 Å². The first-order valence-electron chi connectivity index (χ1n) is 5.60. The molecule has 0 bridgehead atoms. The number of carbonyl (C=O) groups is 1. The van der Waals surface area contributed by atoms with Gasteiger partial charge in [0.15, 0.2) is 0 Å². The summed E-state index contributed by atoms with van der Waals surface area (Å²) in [6.07, 6.45) is 3.35. The average Bonchev–Trinajstić information content (AvgIpc) is 2.48. The van der Waals surface area contributed by atoms with Gasteiger partial charge in [-0.3, -0.25) is 0 Å². The van der Waals surface area contributed by atoms with Crippen molar-refractivity contribution in [3.63, 3.8) is 0 Å². The SMILES string of the molecule is CCCCCN1C(=O)OCC1C(C)C. The molecule has 0 spiro atoms. The van der Waals surface area contributed by atoms with E-state index in [2.05, 4.69) is 20.8 Å². The molecule has 14 heavy (non-hydrogen) atoms. The summed E-state index contributed by atoms with van der Waals surface area (Å²) in [6.45, 7) is 7.87. The predicted octanol–water partition coefficient (Wildman–Crippen LogP) is 2.65. The van der Waals surface area contributed by atoms with Gasteiger partial charge in [0.1, 0.15) is 6.61 Å². The highest BCUT2D eigenvalue weighted by Crippen LogP contribution is 2.19. The molecule has 3 heteroatoms. The zero-order valence-electron chi connectivity index (χ0n) is 9.45. The van der Waals surface area contributed by atoms with E-state index in [1.165, 1.54) is 12.8 Å². The van der Waals surface area contributed by atoms with E-state index in [9.17, 15) is 4.79 Å². The van der Waals surface area contributed by atoms with Crippen molar-refractivity contribution >= 4 is 6.09 Å². The summed E-state index contributed by atoms with van der Waals surface area (Å²) in [7, 11) is 0. The number of amides is 1. The number of unbranched alkanes of at least 4 members (excludes halogenated alkanes) is 2. The standard InChI is InChI=1S/C11H21NO2/c1-4-5-6-7-12-10(9(2)3)8-14-11(12)13/h9-10H,4-8H2,1-3H3. The zero-order valence-corrected chi connectivity index (χ0v) is 9.45. The quantitative estimate of drug-likeness (QED) is 0.637. The number of cyclic esters (lactones) is 1. The van der Waals surface area contributed by atoms with Crippen molar-refractivity contribution in [3.8, 4) is 0 Å². The van der Waals surface area contributed by atoms with Crippen molar-refractivity contribution in [2.24, 2.45) is 5.92 Å². The van der Waals surface area contributed by atoms with Gasteiger partial charge in [0, 0.05) is 6.54 Å². The predicted molar refractivity (Wildman–Crippen MR) is 56.2 cm³/mol. The molecule has 0 aliphatic carbocycles. The molecule has 1 unspecified atom stereocenters. The van der Waals surface area contributed by atoms with E-state index in [0.717, 1.165) is 13.0 Å². The largest absolute Gasteiger partial charge is 0.447 e. The Kier molecular flexibility index (Phi) is 4.23. The van der Waals surface area contributed by atoms with Crippen LogP contribution in [0, 0.1) is 5.92 Å². The van der Waals surface area contributed by atoms with Crippen molar-refractivity contribution in [1.82, 2.24) is 4.90 Å². The first-order valence-corrected chi connectivity index (χ1v) is 5.60. The van der Waals surface area contributed by atoms with E-state index >= 15 is 0 Å². The summed E-state index contributed by atoms with van der Waals surface area (Å²) in [6, 6.07) is 0.291. The Bertz CT molecular complexity index is 192. The number of rotatable bonds is 5. The van der Waals surface area contributed by atoms with Gasteiger partial charge in [-0.15, -0.1) is 0 Å². The van der Waals surface area contributed by atoms with Crippen molar-refractivity contribution in [2.45, 2.75) is 46.1 Å². The van der Waals surface area contributed by atoms with Crippen molar-refractivity contribution in [2.75, 3.05) is 13.2 Å². The fourth-order valence-electron chi connectivity index (χ4n) is 1.81. The van der Waals surface area contributed by atoms with Crippen molar-refractivity contribution in [1.29, 1.82) is 0 Å². The molecular weight excluding hydrogens is 178 g/mol. The minimum absolute atomic E-state index is 0.125.